The molecule has 0 aliphatic heterocycles. The van der Waals surface area contributed by atoms with Gasteiger partial charge in [0.25, 0.3) is 0 Å². The van der Waals surface area contributed by atoms with Crippen LogP contribution in [0.4, 0.5) is 13.2 Å². The lowest BCUT2D eigenvalue weighted by atomic mass is 9.93. The molecule has 0 spiro atoms. The van der Waals surface area contributed by atoms with Gasteiger partial charge in [-0.1, -0.05) is 24.6 Å². The van der Waals surface area contributed by atoms with E-state index in [-0.39, 0.29) is 6.04 Å². The van der Waals surface area contributed by atoms with Crippen LogP contribution in [-0.2, 0) is 6.18 Å². The topological polar surface area (TPSA) is 12.0 Å². The highest BCUT2D eigenvalue weighted by Crippen LogP contribution is 2.62. The second kappa shape index (κ2) is 4.51. The van der Waals surface area contributed by atoms with Crippen LogP contribution in [0.2, 0.25) is 0 Å². The van der Waals surface area contributed by atoms with Gasteiger partial charge in [-0.3, -0.25) is 0 Å². The first-order chi connectivity index (χ1) is 9.04. The van der Waals surface area contributed by atoms with E-state index in [1.807, 2.05) is 0 Å². The number of hydrogen-bond donors (Lipinski definition) is 1. The Kier molecular flexibility index (Phi) is 3.08. The minimum absolute atomic E-state index is 0.159. The zero-order valence-corrected chi connectivity index (χ0v) is 10.9. The van der Waals surface area contributed by atoms with E-state index < -0.39 is 11.7 Å². The summed E-state index contributed by atoms with van der Waals surface area (Å²) >= 11 is 0. The quantitative estimate of drug-likeness (QED) is 0.874. The van der Waals surface area contributed by atoms with Crippen LogP contribution in [0.1, 0.15) is 36.4 Å². The van der Waals surface area contributed by atoms with Crippen LogP contribution < -0.4 is 5.32 Å². The van der Waals surface area contributed by atoms with Crippen molar-refractivity contribution in [3.63, 3.8) is 0 Å². The number of benzene rings is 1. The number of halogens is 3. The van der Waals surface area contributed by atoms with Gasteiger partial charge in [-0.25, -0.2) is 0 Å². The Morgan fingerprint density at radius 1 is 1.16 bits per heavy atom. The molecule has 2 fully saturated rings. The number of hydrogen-bond acceptors (Lipinski definition) is 1. The predicted molar refractivity (Wildman–Crippen MR) is 67.6 cm³/mol. The normalized spacial score (nSPS) is 31.1. The van der Waals surface area contributed by atoms with Gasteiger partial charge in [-0.2, -0.15) is 13.2 Å². The molecule has 3 atom stereocenters. The van der Waals surface area contributed by atoms with Crippen molar-refractivity contribution in [2.75, 3.05) is 7.05 Å². The van der Waals surface area contributed by atoms with Crippen molar-refractivity contribution in [3.05, 3.63) is 35.4 Å². The highest BCUT2D eigenvalue weighted by molar-refractivity contribution is 5.34. The molecular formula is C15H18F3N. The first-order valence-corrected chi connectivity index (χ1v) is 6.87. The maximum Gasteiger partial charge on any atom is 0.416 e. The maximum atomic E-state index is 13.1. The van der Waals surface area contributed by atoms with Crippen LogP contribution in [-0.4, -0.2) is 7.05 Å². The van der Waals surface area contributed by atoms with Crippen LogP contribution in [0.5, 0.6) is 0 Å². The van der Waals surface area contributed by atoms with Crippen molar-refractivity contribution < 1.29 is 13.2 Å². The average molecular weight is 269 g/mol. The maximum absolute atomic E-state index is 13.1. The Morgan fingerprint density at radius 3 is 2.37 bits per heavy atom. The molecule has 4 heteroatoms. The molecule has 19 heavy (non-hydrogen) atoms. The smallest absolute Gasteiger partial charge is 0.313 e. The Balaban J connectivity index is 1.92. The SMILES string of the molecule is CNC(c1ccccc1C(F)(F)F)C1C2CCCC21. The van der Waals surface area contributed by atoms with Gasteiger partial charge < -0.3 is 5.32 Å². The summed E-state index contributed by atoms with van der Waals surface area (Å²) in [5.74, 6) is 1.67. The number of nitrogens with one attached hydrogen (secondary N) is 1. The Labute approximate surface area is 111 Å². The van der Waals surface area contributed by atoms with Gasteiger partial charge in [0.1, 0.15) is 0 Å². The standard InChI is InChI=1S/C15H18F3N/c1-19-14(13-9-6-4-7-10(9)13)11-5-2-3-8-12(11)15(16,17)18/h2-3,5,8-10,13-14,19H,4,6-7H2,1H3. The molecule has 3 unspecified atom stereocenters. The molecule has 2 saturated carbocycles. The van der Waals surface area contributed by atoms with Crippen molar-refractivity contribution in [1.82, 2.24) is 5.32 Å². The molecule has 0 bridgehead atoms. The lowest BCUT2D eigenvalue weighted by molar-refractivity contribution is -0.138. The van der Waals surface area contributed by atoms with Gasteiger partial charge in [-0.15, -0.1) is 0 Å². The third kappa shape index (κ3) is 2.16. The zero-order chi connectivity index (χ0) is 13.6. The summed E-state index contributed by atoms with van der Waals surface area (Å²) in [6, 6.07) is 5.82. The van der Waals surface area contributed by atoms with Gasteiger partial charge in [0.2, 0.25) is 0 Å². The molecule has 0 amide bonds. The van der Waals surface area contributed by atoms with E-state index in [4.69, 9.17) is 0 Å². The predicted octanol–water partition coefficient (Wildman–Crippen LogP) is 4.01. The van der Waals surface area contributed by atoms with Gasteiger partial charge in [0.05, 0.1) is 5.56 Å². The minimum Gasteiger partial charge on any atom is -0.313 e. The van der Waals surface area contributed by atoms with Crippen LogP contribution in [0, 0.1) is 17.8 Å². The monoisotopic (exact) mass is 269 g/mol. The molecule has 0 saturated heterocycles. The van der Waals surface area contributed by atoms with Crippen LogP contribution in [0.25, 0.3) is 0 Å². The highest BCUT2D eigenvalue weighted by atomic mass is 19.4. The van der Waals surface area contributed by atoms with Gasteiger partial charge in [0, 0.05) is 6.04 Å². The minimum atomic E-state index is -4.27. The van der Waals surface area contributed by atoms with Crippen molar-refractivity contribution >= 4 is 0 Å². The lowest BCUT2D eigenvalue weighted by Crippen LogP contribution is -2.24. The Bertz CT molecular complexity index is 459. The van der Waals surface area contributed by atoms with Crippen LogP contribution in [0.15, 0.2) is 24.3 Å². The fourth-order valence-corrected chi connectivity index (χ4v) is 3.95. The van der Waals surface area contributed by atoms with Crippen molar-refractivity contribution in [2.24, 2.45) is 17.8 Å². The van der Waals surface area contributed by atoms with E-state index in [0.29, 0.717) is 23.3 Å². The zero-order valence-electron chi connectivity index (χ0n) is 10.9. The van der Waals surface area contributed by atoms with E-state index in [1.165, 1.54) is 31.4 Å². The van der Waals surface area contributed by atoms with Crippen LogP contribution in [0.3, 0.4) is 0 Å². The van der Waals surface area contributed by atoms with E-state index in [0.717, 1.165) is 0 Å². The van der Waals surface area contributed by atoms with Gasteiger partial charge in [0.15, 0.2) is 0 Å². The lowest BCUT2D eigenvalue weighted by Gasteiger charge is -2.23. The van der Waals surface area contributed by atoms with E-state index in [2.05, 4.69) is 5.32 Å². The summed E-state index contributed by atoms with van der Waals surface area (Å²) < 4.78 is 39.3. The molecule has 3 rings (SSSR count). The first-order valence-electron chi connectivity index (χ1n) is 6.87. The molecule has 2 aliphatic rings. The van der Waals surface area contributed by atoms with E-state index >= 15 is 0 Å². The molecular weight excluding hydrogens is 251 g/mol. The Morgan fingerprint density at radius 2 is 1.79 bits per heavy atom. The van der Waals surface area contributed by atoms with Crippen molar-refractivity contribution in [1.29, 1.82) is 0 Å². The second-order valence-corrected chi connectivity index (χ2v) is 5.69. The highest BCUT2D eigenvalue weighted by Gasteiger charge is 2.56. The molecule has 0 radical (unpaired) electrons. The third-order valence-corrected chi connectivity index (χ3v) is 4.77. The number of rotatable bonds is 3. The summed E-state index contributed by atoms with van der Waals surface area (Å²) in [6.45, 7) is 0. The molecule has 0 aromatic heterocycles. The molecule has 1 N–H and O–H groups in total. The van der Waals surface area contributed by atoms with E-state index in [1.54, 1.807) is 19.2 Å². The molecule has 1 aromatic rings. The fourth-order valence-electron chi connectivity index (χ4n) is 3.95. The van der Waals surface area contributed by atoms with Gasteiger partial charge in [-0.05, 0) is 49.3 Å². The summed E-state index contributed by atoms with van der Waals surface area (Å²) in [7, 11) is 1.77. The second-order valence-electron chi connectivity index (χ2n) is 5.69. The molecule has 1 aromatic carbocycles. The molecule has 1 nitrogen and oxygen atoms in total. The van der Waals surface area contributed by atoms with Gasteiger partial charge >= 0.3 is 6.18 Å². The molecule has 2 aliphatic carbocycles. The molecule has 0 heterocycles. The number of alkyl halides is 3. The largest absolute Gasteiger partial charge is 0.416 e. The van der Waals surface area contributed by atoms with Crippen molar-refractivity contribution in [3.8, 4) is 0 Å². The summed E-state index contributed by atoms with van der Waals surface area (Å²) in [4.78, 5) is 0. The van der Waals surface area contributed by atoms with Crippen LogP contribution >= 0.6 is 0 Å². The third-order valence-electron chi connectivity index (χ3n) is 4.77. The summed E-state index contributed by atoms with van der Waals surface area (Å²) in [5, 5.41) is 3.12. The molecule has 104 valence electrons. The summed E-state index contributed by atoms with van der Waals surface area (Å²) in [5.41, 5.74) is -0.0729. The first kappa shape index (κ1) is 13.0. The summed E-state index contributed by atoms with van der Waals surface area (Å²) in [6.07, 6.45) is -0.664. The Hall–Kier alpha value is -1.03. The van der Waals surface area contributed by atoms with Crippen molar-refractivity contribution in [2.45, 2.75) is 31.5 Å². The fraction of sp³-hybridized carbons (Fsp3) is 0.600. The number of fused-ring (bicyclic) bond motifs is 1. The van der Waals surface area contributed by atoms with E-state index in [9.17, 15) is 13.2 Å². The average Bonchev–Trinajstić information content (AvgIpc) is 2.84.